The summed E-state index contributed by atoms with van der Waals surface area (Å²) in [7, 11) is 4.09. The molecule has 0 radical (unpaired) electrons. The van der Waals surface area contributed by atoms with Crippen molar-refractivity contribution in [3.05, 3.63) is 83.6 Å². The predicted molar refractivity (Wildman–Crippen MR) is 189 cm³/mol. The Morgan fingerprint density at radius 1 is 0.796 bits per heavy atom. The number of carbonyl (C=O) groups excluding carboxylic acids is 2. The fourth-order valence-corrected chi connectivity index (χ4v) is 8.21. The standard InChI is InChI=1S/C39H44N8O2/c1-25-21-35(47(24-25)39(49)34-9-5-19-45(34)3)36-40-23-31(43-36)28-15-12-26(13-16-28)10-11-27-14-17-29-30(22-27)42-37(41-29)32-7-6-20-46(32)38(48)33-8-4-18-44(33)2/h12-17,22-23,32-35H,1,4-9,18-21,24H2,2-3H3,(H,40,43)(H,41,42)/t32-,33-,34+,35-/m0/s1. The Morgan fingerprint density at radius 3 is 2.18 bits per heavy atom. The fraction of sp³-hybridized carbons (Fsp3) is 0.436. The second kappa shape index (κ2) is 13.0. The summed E-state index contributed by atoms with van der Waals surface area (Å²) < 4.78 is 0. The molecule has 4 aliphatic heterocycles. The molecule has 4 saturated heterocycles. The van der Waals surface area contributed by atoms with Crippen LogP contribution in [-0.2, 0) is 9.59 Å². The first-order valence-corrected chi connectivity index (χ1v) is 17.7. The van der Waals surface area contributed by atoms with Gasteiger partial charge >= 0.3 is 0 Å². The number of imidazole rings is 2. The number of nitrogens with zero attached hydrogens (tertiary/aromatic N) is 6. The van der Waals surface area contributed by atoms with Crippen LogP contribution in [0.15, 0.2) is 60.8 Å². The molecule has 10 heteroatoms. The van der Waals surface area contributed by atoms with E-state index >= 15 is 0 Å². The van der Waals surface area contributed by atoms with Crippen molar-refractivity contribution < 1.29 is 9.59 Å². The maximum atomic E-state index is 13.4. The molecule has 8 rings (SSSR count). The number of benzene rings is 2. The first-order chi connectivity index (χ1) is 23.8. The predicted octanol–water partition coefficient (Wildman–Crippen LogP) is 5.03. The molecule has 6 heterocycles. The lowest BCUT2D eigenvalue weighted by atomic mass is 10.1. The van der Waals surface area contributed by atoms with E-state index in [4.69, 9.17) is 9.97 Å². The van der Waals surface area contributed by atoms with Gasteiger partial charge in [0.25, 0.3) is 0 Å². The molecule has 4 aromatic rings. The lowest BCUT2D eigenvalue weighted by molar-refractivity contribution is -0.137. The minimum Gasteiger partial charge on any atom is -0.340 e. The van der Waals surface area contributed by atoms with Gasteiger partial charge in [-0.05, 0) is 108 Å². The number of likely N-dealkylation sites (N-methyl/N-ethyl adjacent to an activating group) is 2. The Labute approximate surface area is 287 Å². The number of hydrogen-bond acceptors (Lipinski definition) is 6. The van der Waals surface area contributed by atoms with Crippen molar-refractivity contribution in [2.45, 2.75) is 69.1 Å². The summed E-state index contributed by atoms with van der Waals surface area (Å²) in [6, 6.07) is 14.0. The third-order valence-electron chi connectivity index (χ3n) is 11.0. The Morgan fingerprint density at radius 2 is 1.47 bits per heavy atom. The molecule has 2 aromatic heterocycles. The molecule has 2 aromatic carbocycles. The van der Waals surface area contributed by atoms with Gasteiger partial charge in [0.2, 0.25) is 11.8 Å². The van der Waals surface area contributed by atoms with Crippen molar-refractivity contribution in [2.24, 2.45) is 0 Å². The zero-order chi connectivity index (χ0) is 33.6. The molecule has 4 atom stereocenters. The summed E-state index contributed by atoms with van der Waals surface area (Å²) in [6.45, 7) is 7.52. The van der Waals surface area contributed by atoms with Crippen LogP contribution in [0.5, 0.6) is 0 Å². The quantitative estimate of drug-likeness (QED) is 0.231. The zero-order valence-electron chi connectivity index (χ0n) is 28.4. The van der Waals surface area contributed by atoms with Gasteiger partial charge in [0.1, 0.15) is 11.6 Å². The molecule has 0 saturated carbocycles. The van der Waals surface area contributed by atoms with Gasteiger partial charge in [0.05, 0.1) is 47.1 Å². The molecule has 49 heavy (non-hydrogen) atoms. The van der Waals surface area contributed by atoms with E-state index in [2.05, 4.69) is 45.2 Å². The number of rotatable bonds is 5. The molecule has 0 spiro atoms. The number of carbonyl (C=O) groups is 2. The summed E-state index contributed by atoms with van der Waals surface area (Å²) in [5.41, 5.74) is 6.63. The van der Waals surface area contributed by atoms with E-state index in [1.165, 1.54) is 0 Å². The number of likely N-dealkylation sites (tertiary alicyclic amines) is 4. The minimum absolute atomic E-state index is 0.00843. The Kier molecular flexibility index (Phi) is 8.34. The van der Waals surface area contributed by atoms with Gasteiger partial charge < -0.3 is 19.8 Å². The van der Waals surface area contributed by atoms with Gasteiger partial charge in [-0.2, -0.15) is 0 Å². The molecule has 0 unspecified atom stereocenters. The average Bonchev–Trinajstić information content (AvgIpc) is 3.95. The first kappa shape index (κ1) is 31.5. The minimum atomic E-state index is -0.116. The highest BCUT2D eigenvalue weighted by Gasteiger charge is 2.40. The maximum absolute atomic E-state index is 13.4. The molecular weight excluding hydrogens is 612 g/mol. The topological polar surface area (TPSA) is 104 Å². The normalized spacial score (nSPS) is 24.7. The SMILES string of the molecule is C=C1C[C@@H](c2ncc(-c3ccc(C#Cc4ccc5nc([C@@H]6CCCN6C(=O)[C@@H]6CCCN6C)[nH]c5c4)cc3)[nH]2)N(C(=O)[C@H]2CCCN2C)C1. The van der Waals surface area contributed by atoms with Crippen LogP contribution in [-0.4, -0.2) is 104 Å². The van der Waals surface area contributed by atoms with Gasteiger partial charge in [0.15, 0.2) is 0 Å². The molecule has 4 aliphatic rings. The van der Waals surface area contributed by atoms with Crippen LogP contribution in [0.4, 0.5) is 0 Å². The van der Waals surface area contributed by atoms with Crippen LogP contribution >= 0.6 is 0 Å². The van der Waals surface area contributed by atoms with Gasteiger partial charge in [-0.1, -0.05) is 36.1 Å². The van der Waals surface area contributed by atoms with E-state index in [0.29, 0.717) is 6.54 Å². The average molecular weight is 657 g/mol. The third kappa shape index (κ3) is 6.06. The van der Waals surface area contributed by atoms with Gasteiger partial charge in [-0.15, -0.1) is 0 Å². The number of fused-ring (bicyclic) bond motifs is 1. The van der Waals surface area contributed by atoms with Crippen molar-refractivity contribution in [1.82, 2.24) is 39.5 Å². The monoisotopic (exact) mass is 656 g/mol. The first-order valence-electron chi connectivity index (χ1n) is 17.7. The number of amides is 2. The zero-order valence-corrected chi connectivity index (χ0v) is 28.4. The maximum Gasteiger partial charge on any atom is 0.240 e. The van der Waals surface area contributed by atoms with E-state index in [9.17, 15) is 9.59 Å². The highest BCUT2D eigenvalue weighted by atomic mass is 16.2. The number of hydrogen-bond donors (Lipinski definition) is 2. The van der Waals surface area contributed by atoms with Crippen molar-refractivity contribution in [1.29, 1.82) is 0 Å². The van der Waals surface area contributed by atoms with E-state index in [1.54, 1.807) is 0 Å². The van der Waals surface area contributed by atoms with Gasteiger partial charge in [-0.25, -0.2) is 9.97 Å². The molecule has 2 amide bonds. The van der Waals surface area contributed by atoms with Crippen LogP contribution in [0, 0.1) is 11.8 Å². The van der Waals surface area contributed by atoms with Gasteiger partial charge in [-0.3, -0.25) is 19.4 Å². The largest absolute Gasteiger partial charge is 0.340 e. The summed E-state index contributed by atoms with van der Waals surface area (Å²) in [5.74, 6) is 8.69. The van der Waals surface area contributed by atoms with Crippen LogP contribution in [0.3, 0.4) is 0 Å². The Balaban J connectivity index is 0.945. The molecule has 252 valence electrons. The summed E-state index contributed by atoms with van der Waals surface area (Å²) in [6.07, 6.45) is 8.48. The van der Waals surface area contributed by atoms with Crippen molar-refractivity contribution in [2.75, 3.05) is 40.3 Å². The Bertz CT molecular complexity index is 1970. The molecule has 0 bridgehead atoms. The molecule has 4 fully saturated rings. The number of aromatic nitrogens is 4. The molecule has 2 N–H and O–H groups in total. The summed E-state index contributed by atoms with van der Waals surface area (Å²) >= 11 is 0. The van der Waals surface area contributed by atoms with E-state index in [0.717, 1.165) is 115 Å². The van der Waals surface area contributed by atoms with E-state index < -0.39 is 0 Å². The molecular formula is C39H44N8O2. The molecule has 0 aliphatic carbocycles. The van der Waals surface area contributed by atoms with Crippen LogP contribution in [0.25, 0.3) is 22.3 Å². The number of nitrogens with one attached hydrogen (secondary N) is 2. The van der Waals surface area contributed by atoms with E-state index in [1.807, 2.05) is 65.5 Å². The Hall–Kier alpha value is -4.72. The van der Waals surface area contributed by atoms with Crippen molar-refractivity contribution in [3.8, 4) is 23.1 Å². The van der Waals surface area contributed by atoms with Crippen molar-refractivity contribution in [3.63, 3.8) is 0 Å². The second-order valence-electron chi connectivity index (χ2n) is 14.3. The van der Waals surface area contributed by atoms with Gasteiger partial charge in [0, 0.05) is 24.2 Å². The van der Waals surface area contributed by atoms with Crippen molar-refractivity contribution >= 4 is 22.8 Å². The highest BCUT2D eigenvalue weighted by molar-refractivity contribution is 5.84. The van der Waals surface area contributed by atoms with Crippen LogP contribution in [0.1, 0.15) is 79.8 Å². The number of aromatic amines is 2. The lowest BCUT2D eigenvalue weighted by Gasteiger charge is -2.29. The third-order valence-corrected chi connectivity index (χ3v) is 11.0. The van der Waals surface area contributed by atoms with Crippen LogP contribution < -0.4 is 0 Å². The summed E-state index contributed by atoms with van der Waals surface area (Å²) in [5, 5.41) is 0. The lowest BCUT2D eigenvalue weighted by Crippen LogP contribution is -2.44. The highest BCUT2D eigenvalue weighted by Crippen LogP contribution is 2.36. The second-order valence-corrected chi connectivity index (χ2v) is 14.3. The smallest absolute Gasteiger partial charge is 0.240 e. The summed E-state index contributed by atoms with van der Waals surface area (Å²) in [4.78, 5) is 51.8. The number of H-pyrrole nitrogens is 2. The van der Waals surface area contributed by atoms with Crippen LogP contribution in [0.2, 0.25) is 0 Å². The van der Waals surface area contributed by atoms with E-state index in [-0.39, 0.29) is 36.0 Å². The molecule has 10 nitrogen and oxygen atoms in total. The fourth-order valence-electron chi connectivity index (χ4n) is 8.21.